The Balaban J connectivity index is 2.53. The molecule has 2 aromatic rings. The molecule has 25 heavy (non-hydrogen) atoms. The zero-order valence-corrected chi connectivity index (χ0v) is 15.3. The molecule has 1 atom stereocenters. The Bertz CT molecular complexity index is 781. The van der Waals surface area contributed by atoms with Gasteiger partial charge < -0.3 is 5.11 Å². The lowest BCUT2D eigenvalue weighted by Gasteiger charge is -2.12. The van der Waals surface area contributed by atoms with Gasteiger partial charge >= 0.3 is 0 Å². The van der Waals surface area contributed by atoms with Gasteiger partial charge in [-0.2, -0.15) is 10.4 Å². The van der Waals surface area contributed by atoms with Crippen LogP contribution in [0.25, 0.3) is 11.3 Å². The summed E-state index contributed by atoms with van der Waals surface area (Å²) < 4.78 is 1.79. The highest BCUT2D eigenvalue weighted by Gasteiger charge is 2.24. The number of aliphatic hydroxyl groups is 1. The van der Waals surface area contributed by atoms with E-state index in [0.29, 0.717) is 30.5 Å². The number of nitriles is 1. The minimum atomic E-state index is -0.498. The Morgan fingerprint density at radius 3 is 2.40 bits per heavy atom. The number of hydrogen-bond acceptors (Lipinski definition) is 4. The van der Waals surface area contributed by atoms with Crippen LogP contribution in [-0.2, 0) is 6.42 Å². The Morgan fingerprint density at radius 1 is 1.28 bits per heavy atom. The van der Waals surface area contributed by atoms with E-state index in [4.69, 9.17) is 10.4 Å². The van der Waals surface area contributed by atoms with Crippen molar-refractivity contribution in [2.45, 2.75) is 59.1 Å². The molecule has 0 amide bonds. The number of carbonyl (C=O) groups is 1. The maximum absolute atomic E-state index is 12.8. The van der Waals surface area contributed by atoms with Gasteiger partial charge in [-0.05, 0) is 45.7 Å². The quantitative estimate of drug-likeness (QED) is 0.776. The largest absolute Gasteiger partial charge is 0.393 e. The predicted octanol–water partition coefficient (Wildman–Crippen LogP) is 3.91. The van der Waals surface area contributed by atoms with Gasteiger partial charge in [0.1, 0.15) is 5.69 Å². The molecule has 1 heterocycles. The zero-order chi connectivity index (χ0) is 18.6. The first-order chi connectivity index (χ1) is 11.9. The lowest BCUT2D eigenvalue weighted by Crippen LogP contribution is -2.15. The van der Waals surface area contributed by atoms with Gasteiger partial charge in [-0.1, -0.05) is 19.1 Å². The number of benzene rings is 1. The van der Waals surface area contributed by atoms with Crippen LogP contribution in [0, 0.1) is 11.3 Å². The molecule has 0 aliphatic rings. The normalized spacial score (nSPS) is 12.2. The molecule has 1 aromatic carbocycles. The maximum Gasteiger partial charge on any atom is 0.181 e. The minimum absolute atomic E-state index is 0.0128. The summed E-state index contributed by atoms with van der Waals surface area (Å²) in [5.41, 5.74) is 3.85. The number of hydrogen-bond donors (Lipinski definition) is 1. The van der Waals surface area contributed by atoms with Gasteiger partial charge in [-0.25, -0.2) is 0 Å². The molecule has 0 radical (unpaired) electrons. The van der Waals surface area contributed by atoms with Crippen molar-refractivity contribution in [2.24, 2.45) is 0 Å². The van der Waals surface area contributed by atoms with Crippen molar-refractivity contribution < 1.29 is 9.90 Å². The van der Waals surface area contributed by atoms with Crippen LogP contribution in [0.2, 0.25) is 0 Å². The monoisotopic (exact) mass is 339 g/mol. The smallest absolute Gasteiger partial charge is 0.181 e. The summed E-state index contributed by atoms with van der Waals surface area (Å²) in [6.45, 7) is 7.71. The van der Waals surface area contributed by atoms with Gasteiger partial charge in [0.15, 0.2) is 5.78 Å². The SMILES string of the molecule is CCc1c(-c2ccc(C#N)cc2)nn(C(C)C)c1C(=O)CC[C@@H](C)O. The molecule has 0 saturated carbocycles. The van der Waals surface area contributed by atoms with E-state index in [0.717, 1.165) is 16.8 Å². The van der Waals surface area contributed by atoms with Crippen molar-refractivity contribution >= 4 is 5.78 Å². The third kappa shape index (κ3) is 4.15. The fraction of sp³-hybridized carbons (Fsp3) is 0.450. The average Bonchev–Trinajstić information content (AvgIpc) is 2.99. The molecule has 0 fully saturated rings. The summed E-state index contributed by atoms with van der Waals surface area (Å²) in [5.74, 6) is 0.0128. The Kier molecular flexibility index (Phi) is 6.11. The van der Waals surface area contributed by atoms with Gasteiger partial charge in [0.2, 0.25) is 0 Å². The van der Waals surface area contributed by atoms with Crippen LogP contribution in [-0.4, -0.2) is 26.8 Å². The lowest BCUT2D eigenvalue weighted by molar-refractivity contribution is 0.0936. The van der Waals surface area contributed by atoms with Crippen molar-refractivity contribution in [3.05, 3.63) is 41.1 Å². The van der Waals surface area contributed by atoms with E-state index < -0.39 is 6.10 Å². The molecule has 1 N–H and O–H groups in total. The Hall–Kier alpha value is -2.45. The van der Waals surface area contributed by atoms with E-state index in [-0.39, 0.29) is 11.8 Å². The van der Waals surface area contributed by atoms with Crippen LogP contribution < -0.4 is 0 Å². The van der Waals surface area contributed by atoms with Gasteiger partial charge in [0.25, 0.3) is 0 Å². The van der Waals surface area contributed by atoms with Crippen LogP contribution >= 0.6 is 0 Å². The zero-order valence-electron chi connectivity index (χ0n) is 15.3. The Morgan fingerprint density at radius 2 is 1.92 bits per heavy atom. The first kappa shape index (κ1) is 18.9. The second-order valence-corrected chi connectivity index (χ2v) is 6.57. The third-order valence-corrected chi connectivity index (χ3v) is 4.19. The number of aliphatic hydroxyl groups excluding tert-OH is 1. The van der Waals surface area contributed by atoms with Crippen molar-refractivity contribution in [1.29, 1.82) is 5.26 Å². The summed E-state index contributed by atoms with van der Waals surface area (Å²) >= 11 is 0. The molecular weight excluding hydrogens is 314 g/mol. The highest BCUT2D eigenvalue weighted by molar-refractivity contribution is 5.97. The van der Waals surface area contributed by atoms with Crippen LogP contribution in [0.4, 0.5) is 0 Å². The molecule has 0 unspecified atom stereocenters. The van der Waals surface area contributed by atoms with E-state index in [1.165, 1.54) is 0 Å². The number of carbonyl (C=O) groups excluding carboxylic acids is 1. The van der Waals surface area contributed by atoms with Crippen molar-refractivity contribution in [3.63, 3.8) is 0 Å². The first-order valence-electron chi connectivity index (χ1n) is 8.72. The highest BCUT2D eigenvalue weighted by Crippen LogP contribution is 2.29. The average molecular weight is 339 g/mol. The topological polar surface area (TPSA) is 78.9 Å². The van der Waals surface area contributed by atoms with E-state index in [1.54, 1.807) is 23.7 Å². The maximum atomic E-state index is 12.8. The summed E-state index contributed by atoms with van der Waals surface area (Å²) in [4.78, 5) is 12.8. The molecule has 2 rings (SSSR count). The predicted molar refractivity (Wildman–Crippen MR) is 97.4 cm³/mol. The molecule has 5 heteroatoms. The molecule has 0 spiro atoms. The summed E-state index contributed by atoms with van der Waals surface area (Å²) in [5, 5.41) is 23.2. The molecule has 0 saturated heterocycles. The number of nitrogens with zero attached hydrogens (tertiary/aromatic N) is 3. The van der Waals surface area contributed by atoms with Gasteiger partial charge in [0.05, 0.1) is 23.4 Å². The molecule has 1 aromatic heterocycles. The van der Waals surface area contributed by atoms with E-state index >= 15 is 0 Å². The number of rotatable bonds is 7. The highest BCUT2D eigenvalue weighted by atomic mass is 16.3. The molecule has 132 valence electrons. The van der Waals surface area contributed by atoms with E-state index in [1.807, 2.05) is 32.9 Å². The van der Waals surface area contributed by atoms with Crippen LogP contribution in [0.5, 0.6) is 0 Å². The molecule has 0 aliphatic heterocycles. The van der Waals surface area contributed by atoms with E-state index in [2.05, 4.69) is 6.07 Å². The van der Waals surface area contributed by atoms with Crippen molar-refractivity contribution in [3.8, 4) is 17.3 Å². The Labute approximate surface area is 148 Å². The fourth-order valence-corrected chi connectivity index (χ4v) is 2.87. The second-order valence-electron chi connectivity index (χ2n) is 6.57. The lowest BCUT2D eigenvalue weighted by atomic mass is 9.99. The van der Waals surface area contributed by atoms with Gasteiger partial charge in [-0.15, -0.1) is 0 Å². The van der Waals surface area contributed by atoms with Crippen molar-refractivity contribution in [2.75, 3.05) is 0 Å². The summed E-state index contributed by atoms with van der Waals surface area (Å²) in [6.07, 6.45) is 0.938. The van der Waals surface area contributed by atoms with Crippen LogP contribution in [0.1, 0.15) is 68.2 Å². The standard InChI is InChI=1S/C20H25N3O2/c1-5-17-19(16-9-7-15(12-21)8-10-16)22-23(13(2)3)20(17)18(25)11-6-14(4)24/h7-10,13-14,24H,5-6,11H2,1-4H3/t14-/m1/s1. The summed E-state index contributed by atoms with van der Waals surface area (Å²) in [7, 11) is 0. The van der Waals surface area contributed by atoms with Crippen LogP contribution in [0.3, 0.4) is 0 Å². The minimum Gasteiger partial charge on any atom is -0.393 e. The fourth-order valence-electron chi connectivity index (χ4n) is 2.87. The molecule has 0 aliphatic carbocycles. The van der Waals surface area contributed by atoms with E-state index in [9.17, 15) is 9.90 Å². The number of aromatic nitrogens is 2. The molecule has 5 nitrogen and oxygen atoms in total. The molecule has 0 bridgehead atoms. The van der Waals surface area contributed by atoms with Gasteiger partial charge in [0, 0.05) is 23.6 Å². The summed E-state index contributed by atoms with van der Waals surface area (Å²) in [6, 6.07) is 9.43. The first-order valence-corrected chi connectivity index (χ1v) is 8.72. The number of Topliss-reactive ketones (excluding diaryl/α,β-unsaturated/α-hetero) is 1. The van der Waals surface area contributed by atoms with Crippen molar-refractivity contribution in [1.82, 2.24) is 9.78 Å². The molecular formula is C20H25N3O2. The number of ketones is 1. The second kappa shape index (κ2) is 8.09. The van der Waals surface area contributed by atoms with Crippen LogP contribution in [0.15, 0.2) is 24.3 Å². The third-order valence-electron chi connectivity index (χ3n) is 4.19. The van der Waals surface area contributed by atoms with Gasteiger partial charge in [-0.3, -0.25) is 9.48 Å².